The van der Waals surface area contributed by atoms with Crippen LogP contribution in [0.25, 0.3) is 0 Å². The molecule has 4 rings (SSSR count). The summed E-state index contributed by atoms with van der Waals surface area (Å²) >= 11 is 0. The Morgan fingerprint density at radius 2 is 2.27 bits per heavy atom. The van der Waals surface area contributed by atoms with Gasteiger partial charge in [-0.2, -0.15) is 0 Å². The quantitative estimate of drug-likeness (QED) is 0.860. The normalized spacial score (nSPS) is 23.1. The van der Waals surface area contributed by atoms with Crippen LogP contribution in [0.15, 0.2) is 36.9 Å². The minimum absolute atomic E-state index is 0.0703. The molecule has 2 amide bonds. The number of carbonyl (C=O) groups excluding carboxylic acids is 2. The van der Waals surface area contributed by atoms with Gasteiger partial charge in [-0.15, -0.1) is 0 Å². The van der Waals surface area contributed by atoms with Crippen LogP contribution in [0, 0.1) is 0 Å². The zero-order chi connectivity index (χ0) is 18.1. The zero-order valence-electron chi connectivity index (χ0n) is 14.5. The van der Waals surface area contributed by atoms with Crippen molar-refractivity contribution in [3.05, 3.63) is 48.3 Å². The molecule has 2 fully saturated rings. The van der Waals surface area contributed by atoms with E-state index in [1.807, 2.05) is 17.0 Å². The Morgan fingerprint density at radius 3 is 2.92 bits per heavy atom. The maximum Gasteiger partial charge on any atom is 0.254 e. The first kappa shape index (κ1) is 16.7. The molecule has 8 nitrogen and oxygen atoms in total. The molecule has 2 unspecified atom stereocenters. The summed E-state index contributed by atoms with van der Waals surface area (Å²) in [5.74, 6) is 0.456. The molecule has 2 aromatic rings. The first-order valence-corrected chi connectivity index (χ1v) is 8.71. The molecule has 1 saturated heterocycles. The highest BCUT2D eigenvalue weighted by molar-refractivity contribution is 5.86. The zero-order valence-corrected chi connectivity index (χ0v) is 14.5. The van der Waals surface area contributed by atoms with Gasteiger partial charge in [-0.05, 0) is 24.5 Å². The summed E-state index contributed by atoms with van der Waals surface area (Å²) in [5, 5.41) is 0. The lowest BCUT2D eigenvalue weighted by molar-refractivity contribution is -0.170. The lowest BCUT2D eigenvalue weighted by Crippen LogP contribution is -2.55. The van der Waals surface area contributed by atoms with Gasteiger partial charge in [0.15, 0.2) is 6.10 Å². The smallest absolute Gasteiger partial charge is 0.254 e. The molecule has 2 atom stereocenters. The Morgan fingerprint density at radius 1 is 1.42 bits per heavy atom. The average molecular weight is 355 g/mol. The van der Waals surface area contributed by atoms with E-state index in [0.29, 0.717) is 12.4 Å². The first-order valence-electron chi connectivity index (χ1n) is 8.71. The fraction of sp³-hybridized carbons (Fsp3) is 0.444. The SMILES string of the molecule is CN(Cc1ncc[nH]1)C(=O)C1OCC(=O)N(C2CC2)C1c1cccnc1. The van der Waals surface area contributed by atoms with Crippen molar-refractivity contribution in [2.75, 3.05) is 13.7 Å². The molecule has 1 N–H and O–H groups in total. The van der Waals surface area contributed by atoms with Crippen LogP contribution in [-0.4, -0.2) is 62.4 Å². The van der Waals surface area contributed by atoms with Crippen molar-refractivity contribution < 1.29 is 14.3 Å². The van der Waals surface area contributed by atoms with Crippen LogP contribution >= 0.6 is 0 Å². The summed E-state index contributed by atoms with van der Waals surface area (Å²) in [5.41, 5.74) is 0.817. The van der Waals surface area contributed by atoms with E-state index in [1.54, 1.807) is 36.7 Å². The molecule has 0 aromatic carbocycles. The van der Waals surface area contributed by atoms with Crippen LogP contribution in [0.4, 0.5) is 0 Å². The number of pyridine rings is 1. The minimum atomic E-state index is -0.752. The second-order valence-corrected chi connectivity index (χ2v) is 6.73. The average Bonchev–Trinajstić information content (AvgIpc) is 3.37. The summed E-state index contributed by atoms with van der Waals surface area (Å²) in [4.78, 5) is 40.3. The van der Waals surface area contributed by atoms with E-state index in [4.69, 9.17) is 4.74 Å². The van der Waals surface area contributed by atoms with Gasteiger partial charge in [0.1, 0.15) is 12.4 Å². The number of hydrogen-bond donors (Lipinski definition) is 1. The van der Waals surface area contributed by atoms with Gasteiger partial charge < -0.3 is 19.5 Å². The number of rotatable bonds is 5. The number of aromatic nitrogens is 3. The lowest BCUT2D eigenvalue weighted by Gasteiger charge is -2.41. The molecule has 0 bridgehead atoms. The molecular weight excluding hydrogens is 334 g/mol. The number of morpholine rings is 1. The highest BCUT2D eigenvalue weighted by atomic mass is 16.5. The van der Waals surface area contributed by atoms with Gasteiger partial charge in [0, 0.05) is 37.9 Å². The van der Waals surface area contributed by atoms with E-state index in [9.17, 15) is 9.59 Å². The van der Waals surface area contributed by atoms with Crippen molar-refractivity contribution in [3.8, 4) is 0 Å². The van der Waals surface area contributed by atoms with E-state index >= 15 is 0 Å². The molecule has 1 saturated carbocycles. The van der Waals surface area contributed by atoms with Crippen molar-refractivity contribution in [3.63, 3.8) is 0 Å². The second kappa shape index (κ2) is 6.87. The summed E-state index contributed by atoms with van der Waals surface area (Å²) in [6.07, 6.45) is 7.92. The molecule has 0 spiro atoms. The maximum absolute atomic E-state index is 13.1. The molecule has 136 valence electrons. The number of nitrogens with zero attached hydrogens (tertiary/aromatic N) is 4. The van der Waals surface area contributed by atoms with Gasteiger partial charge in [0.05, 0.1) is 12.6 Å². The molecule has 1 aliphatic carbocycles. The molecule has 8 heteroatoms. The number of likely N-dealkylation sites (N-methyl/N-ethyl adjacent to an activating group) is 1. The van der Waals surface area contributed by atoms with Crippen LogP contribution in [0.1, 0.15) is 30.3 Å². The van der Waals surface area contributed by atoms with Crippen LogP contribution in [0.2, 0.25) is 0 Å². The lowest BCUT2D eigenvalue weighted by atomic mass is 9.98. The highest BCUT2D eigenvalue weighted by Crippen LogP contribution is 2.39. The molecule has 2 aromatic heterocycles. The van der Waals surface area contributed by atoms with Gasteiger partial charge in [-0.3, -0.25) is 14.6 Å². The van der Waals surface area contributed by atoms with Gasteiger partial charge in [-0.1, -0.05) is 6.07 Å². The Kier molecular flexibility index (Phi) is 4.42. The van der Waals surface area contributed by atoms with E-state index < -0.39 is 12.1 Å². The third-order valence-electron chi connectivity index (χ3n) is 4.79. The van der Waals surface area contributed by atoms with E-state index in [1.165, 1.54) is 0 Å². The summed E-state index contributed by atoms with van der Waals surface area (Å²) in [6, 6.07) is 3.43. The van der Waals surface area contributed by atoms with Gasteiger partial charge in [0.25, 0.3) is 5.91 Å². The number of H-pyrrole nitrogens is 1. The van der Waals surface area contributed by atoms with E-state index in [2.05, 4.69) is 15.0 Å². The van der Waals surface area contributed by atoms with Crippen LogP contribution in [-0.2, 0) is 20.9 Å². The van der Waals surface area contributed by atoms with E-state index in [-0.39, 0.29) is 24.5 Å². The van der Waals surface area contributed by atoms with Crippen molar-refractivity contribution in [1.82, 2.24) is 24.8 Å². The Hall–Kier alpha value is -2.74. The van der Waals surface area contributed by atoms with Crippen molar-refractivity contribution >= 4 is 11.8 Å². The molecule has 1 aliphatic heterocycles. The predicted molar refractivity (Wildman–Crippen MR) is 91.6 cm³/mol. The van der Waals surface area contributed by atoms with Crippen molar-refractivity contribution in [2.24, 2.45) is 0 Å². The monoisotopic (exact) mass is 355 g/mol. The molecule has 3 heterocycles. The van der Waals surface area contributed by atoms with E-state index in [0.717, 1.165) is 18.4 Å². The number of hydrogen-bond acceptors (Lipinski definition) is 5. The predicted octanol–water partition coefficient (Wildman–Crippen LogP) is 0.894. The summed E-state index contributed by atoms with van der Waals surface area (Å²) in [6.45, 7) is 0.279. The Balaban J connectivity index is 1.61. The number of nitrogens with one attached hydrogen (secondary N) is 1. The van der Waals surface area contributed by atoms with Crippen molar-refractivity contribution in [2.45, 2.75) is 37.6 Å². The molecule has 2 aliphatic rings. The number of carbonyl (C=O) groups is 2. The van der Waals surface area contributed by atoms with Crippen LogP contribution in [0.3, 0.4) is 0 Å². The first-order chi connectivity index (χ1) is 12.6. The maximum atomic E-state index is 13.1. The van der Waals surface area contributed by atoms with Crippen molar-refractivity contribution in [1.29, 1.82) is 0 Å². The second-order valence-electron chi connectivity index (χ2n) is 6.73. The van der Waals surface area contributed by atoms with Crippen LogP contribution in [0.5, 0.6) is 0 Å². The summed E-state index contributed by atoms with van der Waals surface area (Å²) in [7, 11) is 1.71. The Labute approximate surface area is 151 Å². The number of ether oxygens (including phenoxy) is 1. The minimum Gasteiger partial charge on any atom is -0.356 e. The standard InChI is InChI=1S/C18H21N5O3/c1-22(10-14-20-7-8-21-14)18(25)17-16(12-3-2-6-19-9-12)23(13-4-5-13)15(24)11-26-17/h2-3,6-9,13,16-17H,4-5,10-11H2,1H3,(H,20,21). The third-order valence-corrected chi connectivity index (χ3v) is 4.79. The highest BCUT2D eigenvalue weighted by Gasteiger charge is 2.48. The van der Waals surface area contributed by atoms with Gasteiger partial charge >= 0.3 is 0 Å². The largest absolute Gasteiger partial charge is 0.356 e. The van der Waals surface area contributed by atoms with Crippen LogP contribution < -0.4 is 0 Å². The molecular formula is C18H21N5O3. The molecule has 26 heavy (non-hydrogen) atoms. The number of aromatic amines is 1. The summed E-state index contributed by atoms with van der Waals surface area (Å²) < 4.78 is 5.73. The third kappa shape index (κ3) is 3.20. The fourth-order valence-electron chi connectivity index (χ4n) is 3.41. The van der Waals surface area contributed by atoms with Gasteiger partial charge in [-0.25, -0.2) is 4.98 Å². The molecule has 0 radical (unpaired) electrons. The van der Waals surface area contributed by atoms with Gasteiger partial charge in [0.2, 0.25) is 5.91 Å². The number of imidazole rings is 1. The Bertz CT molecular complexity index is 775. The fourth-order valence-corrected chi connectivity index (χ4v) is 3.41. The topological polar surface area (TPSA) is 91.4 Å². The number of amides is 2.